The average Bonchev–Trinajstić information content (AvgIpc) is 3.11. The highest BCUT2D eigenvalue weighted by molar-refractivity contribution is 7.99. The van der Waals surface area contributed by atoms with Crippen LogP contribution in [0.5, 0.6) is 0 Å². The SMILES string of the molecule is O=C(NCCc1ccc(-c2ccccc2)cc1)C1CSCN1. The van der Waals surface area contributed by atoms with Gasteiger partial charge in [0.05, 0.1) is 6.04 Å². The van der Waals surface area contributed by atoms with Crippen molar-refractivity contribution in [3.8, 4) is 11.1 Å². The van der Waals surface area contributed by atoms with Crippen LogP contribution in [0.15, 0.2) is 54.6 Å². The Kier molecular flexibility index (Phi) is 5.14. The number of carbonyl (C=O) groups excluding carboxylic acids is 1. The monoisotopic (exact) mass is 312 g/mol. The van der Waals surface area contributed by atoms with E-state index >= 15 is 0 Å². The molecule has 22 heavy (non-hydrogen) atoms. The van der Waals surface area contributed by atoms with Gasteiger partial charge in [0.15, 0.2) is 0 Å². The zero-order chi connectivity index (χ0) is 15.2. The number of hydrogen-bond acceptors (Lipinski definition) is 3. The number of thioether (sulfide) groups is 1. The van der Waals surface area contributed by atoms with Crippen LogP contribution in [0.1, 0.15) is 5.56 Å². The molecule has 0 aliphatic carbocycles. The fraction of sp³-hybridized carbons (Fsp3) is 0.278. The van der Waals surface area contributed by atoms with E-state index in [1.165, 1.54) is 16.7 Å². The van der Waals surface area contributed by atoms with Crippen LogP contribution in [0.4, 0.5) is 0 Å². The molecule has 2 aromatic carbocycles. The van der Waals surface area contributed by atoms with E-state index in [4.69, 9.17) is 0 Å². The molecule has 114 valence electrons. The highest BCUT2D eigenvalue weighted by Crippen LogP contribution is 2.19. The molecule has 0 spiro atoms. The van der Waals surface area contributed by atoms with Crippen molar-refractivity contribution in [2.24, 2.45) is 0 Å². The van der Waals surface area contributed by atoms with Gasteiger partial charge >= 0.3 is 0 Å². The maximum atomic E-state index is 11.9. The molecular weight excluding hydrogens is 292 g/mol. The summed E-state index contributed by atoms with van der Waals surface area (Å²) < 4.78 is 0. The smallest absolute Gasteiger partial charge is 0.238 e. The lowest BCUT2D eigenvalue weighted by atomic mass is 10.0. The van der Waals surface area contributed by atoms with Crippen LogP contribution in [0.2, 0.25) is 0 Å². The topological polar surface area (TPSA) is 41.1 Å². The Bertz CT molecular complexity index is 607. The summed E-state index contributed by atoms with van der Waals surface area (Å²) in [4.78, 5) is 11.9. The van der Waals surface area contributed by atoms with Crippen molar-refractivity contribution < 1.29 is 4.79 Å². The van der Waals surface area contributed by atoms with E-state index in [0.717, 1.165) is 18.1 Å². The number of rotatable bonds is 5. The van der Waals surface area contributed by atoms with Crippen molar-refractivity contribution in [2.75, 3.05) is 18.2 Å². The highest BCUT2D eigenvalue weighted by atomic mass is 32.2. The molecule has 1 unspecified atom stereocenters. The maximum Gasteiger partial charge on any atom is 0.238 e. The molecule has 1 atom stereocenters. The van der Waals surface area contributed by atoms with E-state index < -0.39 is 0 Å². The number of carbonyl (C=O) groups is 1. The summed E-state index contributed by atoms with van der Waals surface area (Å²) >= 11 is 1.77. The molecule has 1 aliphatic rings. The van der Waals surface area contributed by atoms with Crippen molar-refractivity contribution >= 4 is 17.7 Å². The van der Waals surface area contributed by atoms with Crippen molar-refractivity contribution in [2.45, 2.75) is 12.5 Å². The second-order valence-electron chi connectivity index (χ2n) is 5.38. The number of amides is 1. The van der Waals surface area contributed by atoms with Gasteiger partial charge in [0.2, 0.25) is 5.91 Å². The van der Waals surface area contributed by atoms with Crippen molar-refractivity contribution in [3.05, 3.63) is 60.2 Å². The van der Waals surface area contributed by atoms with Crippen LogP contribution >= 0.6 is 11.8 Å². The second-order valence-corrected chi connectivity index (χ2v) is 6.41. The summed E-state index contributed by atoms with van der Waals surface area (Å²) in [5.74, 6) is 1.86. The zero-order valence-electron chi connectivity index (χ0n) is 12.4. The van der Waals surface area contributed by atoms with Gasteiger partial charge in [-0.1, -0.05) is 54.6 Å². The van der Waals surface area contributed by atoms with Gasteiger partial charge < -0.3 is 5.32 Å². The van der Waals surface area contributed by atoms with Crippen LogP contribution in [-0.2, 0) is 11.2 Å². The van der Waals surface area contributed by atoms with Crippen LogP contribution in [-0.4, -0.2) is 30.1 Å². The third kappa shape index (κ3) is 3.90. The molecule has 1 saturated heterocycles. The van der Waals surface area contributed by atoms with Crippen LogP contribution < -0.4 is 10.6 Å². The fourth-order valence-electron chi connectivity index (χ4n) is 2.51. The summed E-state index contributed by atoms with van der Waals surface area (Å²) in [6, 6.07) is 18.9. The number of nitrogens with one attached hydrogen (secondary N) is 2. The second kappa shape index (κ2) is 7.47. The lowest BCUT2D eigenvalue weighted by Gasteiger charge is -2.10. The molecule has 1 aliphatic heterocycles. The summed E-state index contributed by atoms with van der Waals surface area (Å²) in [5, 5.41) is 6.19. The minimum absolute atomic E-state index is 0.0227. The molecule has 1 heterocycles. The quantitative estimate of drug-likeness (QED) is 0.892. The van der Waals surface area contributed by atoms with Gasteiger partial charge in [-0.05, 0) is 23.1 Å². The average molecular weight is 312 g/mol. The molecule has 0 aromatic heterocycles. The number of benzene rings is 2. The molecule has 0 radical (unpaired) electrons. The van der Waals surface area contributed by atoms with E-state index in [-0.39, 0.29) is 11.9 Å². The summed E-state index contributed by atoms with van der Waals surface area (Å²) in [6.07, 6.45) is 0.862. The normalized spacial score (nSPS) is 17.4. The van der Waals surface area contributed by atoms with E-state index in [1.807, 2.05) is 18.2 Å². The van der Waals surface area contributed by atoms with Gasteiger partial charge in [0.25, 0.3) is 0 Å². The molecule has 2 aromatic rings. The van der Waals surface area contributed by atoms with E-state index in [9.17, 15) is 4.79 Å². The van der Waals surface area contributed by atoms with Gasteiger partial charge in [-0.15, -0.1) is 11.8 Å². The Morgan fingerprint density at radius 2 is 1.82 bits per heavy atom. The predicted octanol–water partition coefficient (Wildman–Crippen LogP) is 2.67. The summed E-state index contributed by atoms with van der Waals surface area (Å²) in [5.41, 5.74) is 3.70. The Hall–Kier alpha value is -1.78. The van der Waals surface area contributed by atoms with Crippen LogP contribution in [0, 0.1) is 0 Å². The molecule has 4 heteroatoms. The number of hydrogen-bond donors (Lipinski definition) is 2. The molecule has 2 N–H and O–H groups in total. The van der Waals surface area contributed by atoms with Gasteiger partial charge in [-0.25, -0.2) is 0 Å². The molecule has 1 amide bonds. The molecule has 3 rings (SSSR count). The van der Waals surface area contributed by atoms with Gasteiger partial charge in [0, 0.05) is 18.2 Å². The third-order valence-corrected chi connectivity index (χ3v) is 4.75. The minimum Gasteiger partial charge on any atom is -0.354 e. The van der Waals surface area contributed by atoms with Gasteiger partial charge in [0.1, 0.15) is 0 Å². The van der Waals surface area contributed by atoms with E-state index in [1.54, 1.807) is 11.8 Å². The van der Waals surface area contributed by atoms with Crippen molar-refractivity contribution in [1.82, 2.24) is 10.6 Å². The molecular formula is C18H20N2OS. The predicted molar refractivity (Wildman–Crippen MR) is 92.8 cm³/mol. The Morgan fingerprint density at radius 1 is 1.09 bits per heavy atom. The van der Waals surface area contributed by atoms with Crippen molar-refractivity contribution in [1.29, 1.82) is 0 Å². The Balaban J connectivity index is 1.50. The fourth-order valence-corrected chi connectivity index (χ4v) is 3.45. The first kappa shape index (κ1) is 15.1. The molecule has 0 saturated carbocycles. The maximum absolute atomic E-state index is 11.9. The lowest BCUT2D eigenvalue weighted by molar-refractivity contribution is -0.122. The Morgan fingerprint density at radius 3 is 2.50 bits per heavy atom. The molecule has 3 nitrogen and oxygen atoms in total. The molecule has 1 fully saturated rings. The van der Waals surface area contributed by atoms with Crippen LogP contribution in [0.3, 0.4) is 0 Å². The van der Waals surface area contributed by atoms with Gasteiger partial charge in [-0.3, -0.25) is 10.1 Å². The lowest BCUT2D eigenvalue weighted by Crippen LogP contribution is -2.42. The third-order valence-electron chi connectivity index (χ3n) is 3.81. The summed E-state index contributed by atoms with van der Waals surface area (Å²) in [7, 11) is 0. The standard InChI is InChI=1S/C18H20N2OS/c21-18(17-12-22-13-20-17)19-11-10-14-6-8-16(9-7-14)15-4-2-1-3-5-15/h1-9,17,20H,10-13H2,(H,19,21). The summed E-state index contributed by atoms with van der Waals surface area (Å²) in [6.45, 7) is 0.687. The zero-order valence-corrected chi connectivity index (χ0v) is 13.2. The molecule has 0 bridgehead atoms. The van der Waals surface area contributed by atoms with E-state index in [0.29, 0.717) is 6.54 Å². The van der Waals surface area contributed by atoms with Gasteiger partial charge in [-0.2, -0.15) is 0 Å². The highest BCUT2D eigenvalue weighted by Gasteiger charge is 2.21. The van der Waals surface area contributed by atoms with Crippen LogP contribution in [0.25, 0.3) is 11.1 Å². The van der Waals surface area contributed by atoms with Crippen molar-refractivity contribution in [3.63, 3.8) is 0 Å². The first-order valence-electron chi connectivity index (χ1n) is 7.56. The van der Waals surface area contributed by atoms with E-state index in [2.05, 4.69) is 47.0 Å². The minimum atomic E-state index is -0.0227. The Labute approximate surface area is 135 Å². The largest absolute Gasteiger partial charge is 0.354 e. The first-order chi connectivity index (χ1) is 10.8. The first-order valence-corrected chi connectivity index (χ1v) is 8.71.